The second-order valence-corrected chi connectivity index (χ2v) is 8.79. The van der Waals surface area contributed by atoms with Crippen LogP contribution in [-0.4, -0.2) is 89.9 Å². The maximum atomic E-state index is 12.1. The normalized spacial score (nSPS) is 28.2. The van der Waals surface area contributed by atoms with Crippen LogP contribution in [0.1, 0.15) is 36.8 Å². The van der Waals surface area contributed by atoms with Gasteiger partial charge in [-0.15, -0.1) is 0 Å². The molecule has 2 saturated heterocycles. The molecule has 2 aliphatic rings. The average molecular weight is 510 g/mol. The predicted molar refractivity (Wildman–Crippen MR) is 122 cm³/mol. The minimum absolute atomic E-state index is 0.0181. The van der Waals surface area contributed by atoms with Gasteiger partial charge in [0.1, 0.15) is 24.4 Å². The van der Waals surface area contributed by atoms with E-state index in [0.717, 1.165) is 5.56 Å². The summed E-state index contributed by atoms with van der Waals surface area (Å²) in [5.74, 6) is -0.342. The van der Waals surface area contributed by atoms with Gasteiger partial charge in [0.2, 0.25) is 17.9 Å². The summed E-state index contributed by atoms with van der Waals surface area (Å²) in [6.07, 6.45) is -5.44. The number of nitrogens with one attached hydrogen (secondary N) is 1. The smallest absolute Gasteiger partial charge is 0.306 e. The second kappa shape index (κ2) is 11.0. The number of esters is 1. The molecule has 36 heavy (non-hydrogen) atoms. The van der Waals surface area contributed by atoms with Crippen LogP contribution in [-0.2, 0) is 25.5 Å². The lowest BCUT2D eigenvalue weighted by Gasteiger charge is -2.39. The van der Waals surface area contributed by atoms with Gasteiger partial charge in [-0.2, -0.15) is 0 Å². The molecule has 0 radical (unpaired) electrons. The lowest BCUT2D eigenvalue weighted by Crippen LogP contribution is -2.60. The first-order valence-corrected chi connectivity index (χ1v) is 11.8. The number of hydrogen-bond acceptors (Lipinski definition) is 11. The Morgan fingerprint density at radius 1 is 1.19 bits per heavy atom. The second-order valence-electron chi connectivity index (χ2n) is 8.79. The quantitative estimate of drug-likeness (QED) is 0.281. The molecule has 198 valence electrons. The lowest BCUT2D eigenvalue weighted by atomic mass is 9.95. The van der Waals surface area contributed by atoms with E-state index in [1.54, 1.807) is 19.3 Å². The summed E-state index contributed by atoms with van der Waals surface area (Å²) in [5.41, 5.74) is 1.62. The van der Waals surface area contributed by atoms with Gasteiger partial charge < -0.3 is 49.1 Å². The van der Waals surface area contributed by atoms with Crippen LogP contribution >= 0.6 is 0 Å². The number of ether oxygens (including phenoxy) is 4. The fourth-order valence-electron chi connectivity index (χ4n) is 4.59. The maximum absolute atomic E-state index is 12.1. The van der Waals surface area contributed by atoms with Gasteiger partial charge in [0.25, 0.3) is 0 Å². The summed E-state index contributed by atoms with van der Waals surface area (Å²) >= 11 is 0. The zero-order chi connectivity index (χ0) is 26.0. The maximum Gasteiger partial charge on any atom is 0.306 e. The van der Waals surface area contributed by atoms with Crippen molar-refractivity contribution in [3.63, 3.8) is 0 Å². The highest BCUT2D eigenvalue weighted by Crippen LogP contribution is 2.45. The van der Waals surface area contributed by atoms with Gasteiger partial charge in [-0.1, -0.05) is 0 Å². The van der Waals surface area contributed by atoms with Crippen LogP contribution in [0, 0.1) is 0 Å². The zero-order valence-corrected chi connectivity index (χ0v) is 20.0. The number of aliphatic hydroxyl groups is 4. The summed E-state index contributed by atoms with van der Waals surface area (Å²) < 4.78 is 27.9. The Bertz CT molecular complexity index is 1100. The van der Waals surface area contributed by atoms with Crippen molar-refractivity contribution in [1.82, 2.24) is 5.32 Å². The molecule has 12 nitrogen and oxygen atoms in total. The third kappa shape index (κ3) is 5.00. The Hall–Kier alpha value is -2.90. The van der Waals surface area contributed by atoms with Crippen molar-refractivity contribution in [2.75, 3.05) is 26.9 Å². The molecule has 5 N–H and O–H groups in total. The Morgan fingerprint density at radius 3 is 2.61 bits per heavy atom. The third-order valence-corrected chi connectivity index (χ3v) is 6.49. The Morgan fingerprint density at radius 2 is 1.97 bits per heavy atom. The van der Waals surface area contributed by atoms with Crippen molar-refractivity contribution in [2.24, 2.45) is 0 Å². The predicted octanol–water partition coefficient (Wildman–Crippen LogP) is -0.281. The summed E-state index contributed by atoms with van der Waals surface area (Å²) in [7, 11) is 1.40. The van der Waals surface area contributed by atoms with Crippen molar-refractivity contribution < 1.29 is 53.4 Å². The molecule has 1 amide bonds. The molecular formula is C24H31NO11. The highest BCUT2D eigenvalue weighted by Gasteiger charge is 2.45. The number of rotatable bonds is 9. The van der Waals surface area contributed by atoms with E-state index in [2.05, 4.69) is 5.32 Å². The van der Waals surface area contributed by atoms with Gasteiger partial charge in [-0.3, -0.25) is 9.59 Å². The van der Waals surface area contributed by atoms with Gasteiger partial charge in [0.15, 0.2) is 11.3 Å². The number of furan rings is 1. The highest BCUT2D eigenvalue weighted by molar-refractivity contribution is 5.92. The van der Waals surface area contributed by atoms with Gasteiger partial charge in [0, 0.05) is 36.3 Å². The summed E-state index contributed by atoms with van der Waals surface area (Å²) in [4.78, 5) is 23.9. The van der Waals surface area contributed by atoms with Crippen molar-refractivity contribution in [3.05, 3.63) is 23.5 Å². The molecule has 1 aromatic carbocycles. The van der Waals surface area contributed by atoms with Crippen LogP contribution in [0.25, 0.3) is 11.0 Å². The first kappa shape index (κ1) is 26.2. The Labute approximate surface area is 206 Å². The molecule has 0 aliphatic carbocycles. The molecule has 0 saturated carbocycles. The number of carbonyl (C=O) groups is 2. The van der Waals surface area contributed by atoms with E-state index < -0.39 is 43.3 Å². The number of benzene rings is 1. The number of fused-ring (bicyclic) bond motifs is 1. The van der Waals surface area contributed by atoms with E-state index >= 15 is 0 Å². The minimum atomic E-state index is -1.65. The van der Waals surface area contributed by atoms with Crippen LogP contribution < -0.4 is 14.8 Å². The molecule has 2 aromatic rings. The SMILES string of the molecule is CCOC(=O)CCc1cc2c(C3CNC(=O)C3)coc2c(OC)c1OC1OC(CO)C(O)C(O)C1O. The fraction of sp³-hybridized carbons (Fsp3) is 0.583. The highest BCUT2D eigenvalue weighted by atomic mass is 16.7. The van der Waals surface area contributed by atoms with Crippen molar-refractivity contribution in [2.45, 2.75) is 62.8 Å². The van der Waals surface area contributed by atoms with E-state index in [-0.39, 0.29) is 42.8 Å². The van der Waals surface area contributed by atoms with Crippen molar-refractivity contribution >= 4 is 22.8 Å². The summed E-state index contributed by atoms with van der Waals surface area (Å²) in [5, 5.41) is 43.7. The molecule has 12 heteroatoms. The number of aryl methyl sites for hydroxylation is 1. The summed E-state index contributed by atoms with van der Waals surface area (Å²) in [6.45, 7) is 1.77. The molecule has 0 bridgehead atoms. The van der Waals surface area contributed by atoms with E-state index in [4.69, 9.17) is 23.4 Å². The first-order valence-electron chi connectivity index (χ1n) is 11.8. The molecular weight excluding hydrogens is 478 g/mol. The molecule has 6 atom stereocenters. The summed E-state index contributed by atoms with van der Waals surface area (Å²) in [6, 6.07) is 1.76. The third-order valence-electron chi connectivity index (χ3n) is 6.49. The number of amides is 1. The molecule has 2 aliphatic heterocycles. The Kier molecular flexibility index (Phi) is 8.00. The number of aliphatic hydroxyl groups excluding tert-OH is 4. The van der Waals surface area contributed by atoms with Crippen LogP contribution in [0.15, 0.2) is 16.7 Å². The largest absolute Gasteiger partial charge is 0.490 e. The number of methoxy groups -OCH3 is 1. The molecule has 1 aromatic heterocycles. The lowest BCUT2D eigenvalue weighted by molar-refractivity contribution is -0.277. The molecule has 6 unspecified atom stereocenters. The minimum Gasteiger partial charge on any atom is -0.490 e. The molecule has 2 fully saturated rings. The first-order chi connectivity index (χ1) is 17.3. The fourth-order valence-corrected chi connectivity index (χ4v) is 4.59. The van der Waals surface area contributed by atoms with Gasteiger partial charge >= 0.3 is 5.97 Å². The molecule has 0 spiro atoms. The van der Waals surface area contributed by atoms with Gasteiger partial charge in [-0.25, -0.2) is 0 Å². The van der Waals surface area contributed by atoms with E-state index in [1.807, 2.05) is 0 Å². The number of hydrogen-bond donors (Lipinski definition) is 5. The topological polar surface area (TPSA) is 177 Å². The van der Waals surface area contributed by atoms with Crippen LogP contribution in [0.3, 0.4) is 0 Å². The van der Waals surface area contributed by atoms with Crippen LogP contribution in [0.4, 0.5) is 0 Å². The van der Waals surface area contributed by atoms with E-state index in [0.29, 0.717) is 29.5 Å². The number of carbonyl (C=O) groups excluding carboxylic acids is 2. The van der Waals surface area contributed by atoms with E-state index in [9.17, 15) is 30.0 Å². The van der Waals surface area contributed by atoms with Crippen LogP contribution in [0.2, 0.25) is 0 Å². The average Bonchev–Trinajstić information content (AvgIpc) is 3.48. The van der Waals surface area contributed by atoms with Gasteiger partial charge in [-0.05, 0) is 25.0 Å². The van der Waals surface area contributed by atoms with Crippen molar-refractivity contribution in [1.29, 1.82) is 0 Å². The van der Waals surface area contributed by atoms with Gasteiger partial charge in [0.05, 0.1) is 26.6 Å². The monoisotopic (exact) mass is 509 g/mol. The molecule has 4 rings (SSSR count). The van der Waals surface area contributed by atoms with E-state index in [1.165, 1.54) is 7.11 Å². The van der Waals surface area contributed by atoms with Crippen molar-refractivity contribution in [3.8, 4) is 11.5 Å². The molecule has 3 heterocycles. The zero-order valence-electron chi connectivity index (χ0n) is 20.0. The van der Waals surface area contributed by atoms with Crippen LogP contribution in [0.5, 0.6) is 11.5 Å². The standard InChI is InChI=1S/C24H31NO11/c1-3-33-17(28)5-4-11-6-13-14(12-7-16(27)25-8-12)10-34-22(13)23(32-2)21(11)36-24-20(31)19(30)18(29)15(9-26)35-24/h6,10,12,15,18-20,24,26,29-31H,3-5,7-9H2,1-2H3,(H,25,27). The Balaban J connectivity index is 1.75.